The molecule has 0 aliphatic carbocycles. The van der Waals surface area contributed by atoms with Crippen molar-refractivity contribution in [3.05, 3.63) is 29.5 Å². The quantitative estimate of drug-likeness (QED) is 0.857. The molecule has 2 N–H and O–H groups in total. The number of aromatic amines is 1. The van der Waals surface area contributed by atoms with E-state index in [1.807, 2.05) is 6.07 Å². The highest BCUT2D eigenvalue weighted by atomic mass is 16.5. The van der Waals surface area contributed by atoms with Gasteiger partial charge in [0, 0.05) is 36.6 Å². The first-order valence-corrected chi connectivity index (χ1v) is 8.81. The van der Waals surface area contributed by atoms with E-state index in [1.165, 1.54) is 49.0 Å². The fourth-order valence-electron chi connectivity index (χ4n) is 3.53. The largest absolute Gasteiger partial charge is 0.497 e. The van der Waals surface area contributed by atoms with Crippen molar-refractivity contribution in [2.24, 2.45) is 0 Å². The number of hydrogen-bond donors (Lipinski definition) is 2. The first-order chi connectivity index (χ1) is 11.7. The number of hydrogen-bond acceptors (Lipinski definition) is 3. The maximum Gasteiger partial charge on any atom is 0.216 e. The molecule has 3 rings (SSSR count). The van der Waals surface area contributed by atoms with Crippen LogP contribution in [0.25, 0.3) is 10.9 Å². The normalized spacial score (nSPS) is 15.6. The van der Waals surface area contributed by atoms with Gasteiger partial charge in [0.15, 0.2) is 0 Å². The average molecular weight is 329 g/mol. The molecule has 0 unspecified atom stereocenters. The summed E-state index contributed by atoms with van der Waals surface area (Å²) < 4.78 is 5.39. The van der Waals surface area contributed by atoms with Crippen molar-refractivity contribution in [3.63, 3.8) is 0 Å². The third-order valence-corrected chi connectivity index (χ3v) is 4.78. The number of methoxy groups -OCH3 is 1. The number of nitrogens with zero attached hydrogens (tertiary/aromatic N) is 1. The molecule has 1 aliphatic heterocycles. The van der Waals surface area contributed by atoms with Gasteiger partial charge in [-0.05, 0) is 56.1 Å². The van der Waals surface area contributed by atoms with Crippen LogP contribution in [0.3, 0.4) is 0 Å². The number of amides is 1. The van der Waals surface area contributed by atoms with E-state index in [-0.39, 0.29) is 5.91 Å². The molecule has 0 saturated carbocycles. The predicted molar refractivity (Wildman–Crippen MR) is 96.4 cm³/mol. The van der Waals surface area contributed by atoms with E-state index in [2.05, 4.69) is 27.3 Å². The summed E-state index contributed by atoms with van der Waals surface area (Å²) in [5.41, 5.74) is 3.70. The summed E-state index contributed by atoms with van der Waals surface area (Å²) in [5, 5.41) is 4.11. The van der Waals surface area contributed by atoms with Crippen molar-refractivity contribution < 1.29 is 9.53 Å². The second-order valence-corrected chi connectivity index (χ2v) is 6.56. The molecule has 2 heterocycles. The second-order valence-electron chi connectivity index (χ2n) is 6.56. The molecule has 24 heavy (non-hydrogen) atoms. The van der Waals surface area contributed by atoms with Crippen molar-refractivity contribution in [1.82, 2.24) is 15.2 Å². The standard InChI is InChI=1S/C19H27N3O2/c1-14(23)20-9-8-16-17-12-15(24-2)6-7-18(17)21-19(16)13-22-10-4-3-5-11-22/h6-7,12,21H,3-5,8-11,13H2,1-2H3,(H,20,23). The van der Waals surface area contributed by atoms with Gasteiger partial charge < -0.3 is 15.0 Å². The van der Waals surface area contributed by atoms with Gasteiger partial charge >= 0.3 is 0 Å². The van der Waals surface area contributed by atoms with E-state index in [0.717, 1.165) is 24.2 Å². The summed E-state index contributed by atoms with van der Waals surface area (Å²) in [6, 6.07) is 6.16. The van der Waals surface area contributed by atoms with E-state index in [1.54, 1.807) is 14.0 Å². The molecule has 5 nitrogen and oxygen atoms in total. The summed E-state index contributed by atoms with van der Waals surface area (Å²) in [7, 11) is 1.69. The van der Waals surface area contributed by atoms with E-state index < -0.39 is 0 Å². The van der Waals surface area contributed by atoms with E-state index >= 15 is 0 Å². The average Bonchev–Trinajstić information content (AvgIpc) is 2.92. The number of ether oxygens (including phenoxy) is 1. The SMILES string of the molecule is COc1ccc2[nH]c(CN3CCCCC3)c(CCNC(C)=O)c2c1. The Hall–Kier alpha value is -2.01. The lowest BCUT2D eigenvalue weighted by Gasteiger charge is -2.26. The number of carbonyl (C=O) groups excluding carboxylic acids is 1. The van der Waals surface area contributed by atoms with Crippen LogP contribution in [-0.4, -0.2) is 42.5 Å². The Labute approximate surface area is 143 Å². The van der Waals surface area contributed by atoms with Crippen LogP contribution in [0, 0.1) is 0 Å². The molecule has 1 aliphatic rings. The molecular formula is C19H27N3O2. The van der Waals surface area contributed by atoms with E-state index in [9.17, 15) is 4.79 Å². The molecule has 0 radical (unpaired) electrons. The van der Waals surface area contributed by atoms with Gasteiger partial charge in [0.05, 0.1) is 7.11 Å². The molecule has 1 fully saturated rings. The van der Waals surface area contributed by atoms with Crippen LogP contribution in [0.15, 0.2) is 18.2 Å². The van der Waals surface area contributed by atoms with Gasteiger partial charge in [-0.2, -0.15) is 0 Å². The highest BCUT2D eigenvalue weighted by molar-refractivity contribution is 5.86. The second kappa shape index (κ2) is 7.71. The summed E-state index contributed by atoms with van der Waals surface area (Å²) in [4.78, 5) is 17.3. The molecule has 0 spiro atoms. The molecule has 1 aromatic carbocycles. The lowest BCUT2D eigenvalue weighted by Crippen LogP contribution is -2.30. The maximum absolute atomic E-state index is 11.2. The number of rotatable bonds is 6. The van der Waals surface area contributed by atoms with E-state index in [4.69, 9.17) is 4.74 Å². The Morgan fingerprint density at radius 2 is 2.08 bits per heavy atom. The van der Waals surface area contributed by atoms with Crippen LogP contribution >= 0.6 is 0 Å². The Morgan fingerprint density at radius 3 is 2.79 bits per heavy atom. The Kier molecular flexibility index (Phi) is 5.41. The zero-order valence-corrected chi connectivity index (χ0v) is 14.7. The number of piperidine rings is 1. The van der Waals surface area contributed by atoms with Crippen LogP contribution in [0.4, 0.5) is 0 Å². The highest BCUT2D eigenvalue weighted by Gasteiger charge is 2.17. The fourth-order valence-corrected chi connectivity index (χ4v) is 3.53. The molecule has 1 amide bonds. The Bertz CT molecular complexity index is 702. The highest BCUT2D eigenvalue weighted by Crippen LogP contribution is 2.28. The fraction of sp³-hybridized carbons (Fsp3) is 0.526. The first-order valence-electron chi connectivity index (χ1n) is 8.81. The maximum atomic E-state index is 11.2. The molecule has 5 heteroatoms. The van der Waals surface area contributed by atoms with Crippen LogP contribution < -0.4 is 10.1 Å². The summed E-state index contributed by atoms with van der Waals surface area (Å²) in [6.07, 6.45) is 4.75. The topological polar surface area (TPSA) is 57.4 Å². The number of benzene rings is 1. The summed E-state index contributed by atoms with van der Waals surface area (Å²) >= 11 is 0. The number of nitrogens with one attached hydrogen (secondary N) is 2. The molecule has 1 aromatic heterocycles. The molecule has 130 valence electrons. The zero-order valence-electron chi connectivity index (χ0n) is 14.7. The molecule has 1 saturated heterocycles. The van der Waals surface area contributed by atoms with Crippen molar-refractivity contribution in [3.8, 4) is 5.75 Å². The lowest BCUT2D eigenvalue weighted by atomic mass is 10.1. The van der Waals surface area contributed by atoms with Gasteiger partial charge in [-0.15, -0.1) is 0 Å². The lowest BCUT2D eigenvalue weighted by molar-refractivity contribution is -0.118. The van der Waals surface area contributed by atoms with Gasteiger partial charge in [0.25, 0.3) is 0 Å². The number of H-pyrrole nitrogens is 1. The molecule has 0 atom stereocenters. The number of aromatic nitrogens is 1. The van der Waals surface area contributed by atoms with Crippen molar-refractivity contribution in [2.45, 2.75) is 39.2 Å². The first kappa shape index (κ1) is 16.8. The van der Waals surface area contributed by atoms with Gasteiger partial charge in [-0.3, -0.25) is 9.69 Å². The Morgan fingerprint density at radius 1 is 1.29 bits per heavy atom. The minimum atomic E-state index is 0.0185. The minimum absolute atomic E-state index is 0.0185. The van der Waals surface area contributed by atoms with Gasteiger partial charge in [-0.1, -0.05) is 6.42 Å². The molecule has 0 bridgehead atoms. The number of likely N-dealkylation sites (tertiary alicyclic amines) is 1. The van der Waals surface area contributed by atoms with Crippen molar-refractivity contribution >= 4 is 16.8 Å². The van der Waals surface area contributed by atoms with Crippen molar-refractivity contribution in [1.29, 1.82) is 0 Å². The van der Waals surface area contributed by atoms with Crippen LogP contribution in [0.1, 0.15) is 37.4 Å². The van der Waals surface area contributed by atoms with Crippen LogP contribution in [0.5, 0.6) is 5.75 Å². The van der Waals surface area contributed by atoms with E-state index in [0.29, 0.717) is 6.54 Å². The minimum Gasteiger partial charge on any atom is -0.497 e. The Balaban J connectivity index is 1.87. The van der Waals surface area contributed by atoms with Crippen molar-refractivity contribution in [2.75, 3.05) is 26.7 Å². The number of carbonyl (C=O) groups is 1. The zero-order chi connectivity index (χ0) is 16.9. The third-order valence-electron chi connectivity index (χ3n) is 4.78. The molecular weight excluding hydrogens is 302 g/mol. The van der Waals surface area contributed by atoms with Gasteiger partial charge in [0.2, 0.25) is 5.91 Å². The summed E-state index contributed by atoms with van der Waals surface area (Å²) in [6.45, 7) is 5.51. The smallest absolute Gasteiger partial charge is 0.216 e. The monoisotopic (exact) mass is 329 g/mol. The summed E-state index contributed by atoms with van der Waals surface area (Å²) in [5.74, 6) is 0.886. The molecule has 2 aromatic rings. The van der Waals surface area contributed by atoms with Crippen LogP contribution in [-0.2, 0) is 17.8 Å². The van der Waals surface area contributed by atoms with Gasteiger partial charge in [0.1, 0.15) is 5.75 Å². The predicted octanol–water partition coefficient (Wildman–Crippen LogP) is 2.84. The third kappa shape index (κ3) is 3.90. The van der Waals surface area contributed by atoms with Gasteiger partial charge in [-0.25, -0.2) is 0 Å². The number of fused-ring (bicyclic) bond motifs is 1. The van der Waals surface area contributed by atoms with Crippen LogP contribution in [0.2, 0.25) is 0 Å².